The van der Waals surface area contributed by atoms with Crippen molar-refractivity contribution in [1.29, 1.82) is 0 Å². The summed E-state index contributed by atoms with van der Waals surface area (Å²) in [6.45, 7) is 2.27. The highest BCUT2D eigenvalue weighted by Crippen LogP contribution is 2.48. The predicted molar refractivity (Wildman–Crippen MR) is 81.5 cm³/mol. The van der Waals surface area contributed by atoms with Crippen LogP contribution in [0, 0.1) is 0 Å². The number of hydrogen-bond donors (Lipinski definition) is 0. The van der Waals surface area contributed by atoms with Crippen molar-refractivity contribution in [2.24, 2.45) is 0 Å². The van der Waals surface area contributed by atoms with E-state index >= 15 is 0 Å². The maximum absolute atomic E-state index is 5.88. The first kappa shape index (κ1) is 13.1. The molecule has 6 heteroatoms. The van der Waals surface area contributed by atoms with Crippen molar-refractivity contribution in [3.05, 3.63) is 35.1 Å². The van der Waals surface area contributed by atoms with Gasteiger partial charge in [0, 0.05) is 5.56 Å². The maximum Gasteiger partial charge on any atom is 0.331 e. The monoisotopic (exact) mass is 387 g/mol. The van der Waals surface area contributed by atoms with Crippen molar-refractivity contribution < 1.29 is 3.07 Å². The predicted octanol–water partition coefficient (Wildman–Crippen LogP) is 3.97. The zero-order chi connectivity index (χ0) is 13.5. The minimum atomic E-state index is 0.139. The van der Waals surface area contributed by atoms with Crippen molar-refractivity contribution in [2.75, 3.05) is 0 Å². The van der Waals surface area contributed by atoms with Gasteiger partial charge in [-0.05, 0) is 41.5 Å². The molecule has 0 N–H and O–H groups in total. The fraction of sp³-hybridized carbons (Fsp3) is 0.308. The SMILES string of the molecule is CC1(c2cccc(-c3nc(Cl)nc(OI)n3)c2)CC1. The van der Waals surface area contributed by atoms with E-state index in [0.29, 0.717) is 11.2 Å². The molecule has 1 heterocycles. The molecular weight excluding hydrogens is 377 g/mol. The summed E-state index contributed by atoms with van der Waals surface area (Å²) in [6, 6.07) is 8.48. The second kappa shape index (κ2) is 4.86. The first-order valence-electron chi connectivity index (χ1n) is 5.92. The molecular formula is C13H11ClIN3O. The molecule has 0 saturated heterocycles. The van der Waals surface area contributed by atoms with Gasteiger partial charge in [-0.15, -0.1) is 0 Å². The van der Waals surface area contributed by atoms with Gasteiger partial charge < -0.3 is 3.07 Å². The molecule has 19 heavy (non-hydrogen) atoms. The maximum atomic E-state index is 5.88. The van der Waals surface area contributed by atoms with Crippen molar-refractivity contribution in [3.8, 4) is 17.4 Å². The average Bonchev–Trinajstić information content (AvgIpc) is 3.17. The van der Waals surface area contributed by atoms with Gasteiger partial charge in [0.2, 0.25) is 5.28 Å². The van der Waals surface area contributed by atoms with Crippen molar-refractivity contribution in [3.63, 3.8) is 0 Å². The van der Waals surface area contributed by atoms with Gasteiger partial charge in [0.05, 0.1) is 0 Å². The Balaban J connectivity index is 2.04. The first-order chi connectivity index (χ1) is 9.10. The molecule has 98 valence electrons. The van der Waals surface area contributed by atoms with Crippen molar-refractivity contribution in [1.82, 2.24) is 15.0 Å². The number of halogens is 2. The van der Waals surface area contributed by atoms with E-state index in [1.54, 1.807) is 23.0 Å². The molecule has 3 rings (SSSR count). The van der Waals surface area contributed by atoms with E-state index in [2.05, 4.69) is 34.0 Å². The Morgan fingerprint density at radius 2 is 2.05 bits per heavy atom. The summed E-state index contributed by atoms with van der Waals surface area (Å²) in [6.07, 6.45) is 2.47. The standard InChI is InChI=1S/C13H11ClIN3O/c1-13(5-6-13)9-4-2-3-8(7-9)10-16-11(14)18-12(17-10)19-15/h2-4,7H,5-6H2,1H3. The smallest absolute Gasteiger partial charge is 0.331 e. The number of aromatic nitrogens is 3. The molecule has 1 aromatic heterocycles. The Morgan fingerprint density at radius 3 is 2.74 bits per heavy atom. The Bertz CT molecular complexity index is 631. The molecule has 1 aliphatic carbocycles. The fourth-order valence-electron chi connectivity index (χ4n) is 2.01. The van der Waals surface area contributed by atoms with E-state index in [-0.39, 0.29) is 11.3 Å². The van der Waals surface area contributed by atoms with Crippen LogP contribution in [0.1, 0.15) is 25.3 Å². The number of rotatable bonds is 3. The third-order valence-corrected chi connectivity index (χ3v) is 4.04. The topological polar surface area (TPSA) is 47.9 Å². The Kier molecular flexibility index (Phi) is 3.34. The summed E-state index contributed by atoms with van der Waals surface area (Å²) >= 11 is 7.60. The lowest BCUT2D eigenvalue weighted by Gasteiger charge is -2.10. The van der Waals surface area contributed by atoms with Crippen LogP contribution in [0.2, 0.25) is 5.28 Å². The van der Waals surface area contributed by atoms with Gasteiger partial charge >= 0.3 is 6.01 Å². The van der Waals surface area contributed by atoms with Crippen LogP contribution in [0.15, 0.2) is 24.3 Å². The average molecular weight is 388 g/mol. The van der Waals surface area contributed by atoms with E-state index in [1.807, 2.05) is 12.1 Å². The lowest BCUT2D eigenvalue weighted by Crippen LogP contribution is -2.01. The van der Waals surface area contributed by atoms with Gasteiger partial charge in [-0.2, -0.15) is 15.0 Å². The Labute approximate surface area is 130 Å². The summed E-state index contributed by atoms with van der Waals surface area (Å²) in [4.78, 5) is 12.3. The van der Waals surface area contributed by atoms with Crippen LogP contribution in [0.5, 0.6) is 6.01 Å². The number of nitrogens with zero attached hydrogens (tertiary/aromatic N) is 3. The molecule has 1 fully saturated rings. The van der Waals surface area contributed by atoms with Gasteiger partial charge in [-0.3, -0.25) is 0 Å². The highest BCUT2D eigenvalue weighted by molar-refractivity contribution is 14.1. The quantitative estimate of drug-likeness (QED) is 0.748. The zero-order valence-corrected chi connectivity index (χ0v) is 13.1. The van der Waals surface area contributed by atoms with E-state index < -0.39 is 0 Å². The van der Waals surface area contributed by atoms with Crippen LogP contribution in [0.3, 0.4) is 0 Å². The van der Waals surface area contributed by atoms with Crippen LogP contribution in [0.4, 0.5) is 0 Å². The summed E-state index contributed by atoms with van der Waals surface area (Å²) < 4.78 is 4.99. The van der Waals surface area contributed by atoms with Crippen molar-refractivity contribution >= 4 is 34.6 Å². The van der Waals surface area contributed by atoms with Gasteiger partial charge in [0.15, 0.2) is 28.8 Å². The molecule has 0 aliphatic heterocycles. The minimum Gasteiger partial charge on any atom is -0.392 e. The van der Waals surface area contributed by atoms with Crippen LogP contribution in [-0.2, 0) is 5.41 Å². The Hall–Kier alpha value is -0.950. The van der Waals surface area contributed by atoms with Crippen LogP contribution >= 0.6 is 34.6 Å². The molecule has 0 spiro atoms. The van der Waals surface area contributed by atoms with E-state index in [9.17, 15) is 0 Å². The van der Waals surface area contributed by atoms with Gasteiger partial charge in [0.25, 0.3) is 0 Å². The zero-order valence-electron chi connectivity index (χ0n) is 10.2. The van der Waals surface area contributed by atoms with Crippen LogP contribution in [-0.4, -0.2) is 15.0 Å². The van der Waals surface area contributed by atoms with E-state index in [1.165, 1.54) is 18.4 Å². The molecule has 1 aliphatic rings. The number of benzene rings is 1. The molecule has 0 bridgehead atoms. The molecule has 1 saturated carbocycles. The van der Waals surface area contributed by atoms with E-state index in [4.69, 9.17) is 14.7 Å². The fourth-order valence-corrected chi connectivity index (χ4v) is 2.35. The molecule has 1 aromatic carbocycles. The highest BCUT2D eigenvalue weighted by atomic mass is 127. The van der Waals surface area contributed by atoms with Crippen LogP contribution < -0.4 is 3.07 Å². The van der Waals surface area contributed by atoms with Gasteiger partial charge in [-0.1, -0.05) is 25.1 Å². The summed E-state index contributed by atoms with van der Waals surface area (Å²) in [7, 11) is 0. The second-order valence-electron chi connectivity index (χ2n) is 4.93. The molecule has 0 unspecified atom stereocenters. The lowest BCUT2D eigenvalue weighted by atomic mass is 9.96. The summed E-state index contributed by atoms with van der Waals surface area (Å²) in [5, 5.41) is 0.139. The molecule has 2 aromatic rings. The molecule has 0 radical (unpaired) electrons. The highest BCUT2D eigenvalue weighted by Gasteiger charge is 2.38. The van der Waals surface area contributed by atoms with Crippen molar-refractivity contribution in [2.45, 2.75) is 25.2 Å². The molecule has 0 amide bonds. The minimum absolute atomic E-state index is 0.139. The normalized spacial score (nSPS) is 16.2. The van der Waals surface area contributed by atoms with E-state index in [0.717, 1.165) is 5.56 Å². The molecule has 4 nitrogen and oxygen atoms in total. The number of hydrogen-bond acceptors (Lipinski definition) is 4. The second-order valence-corrected chi connectivity index (χ2v) is 5.71. The Morgan fingerprint density at radius 1 is 1.26 bits per heavy atom. The first-order valence-corrected chi connectivity index (χ1v) is 7.18. The van der Waals surface area contributed by atoms with Crippen LogP contribution in [0.25, 0.3) is 11.4 Å². The largest absolute Gasteiger partial charge is 0.392 e. The van der Waals surface area contributed by atoms with Gasteiger partial charge in [0.1, 0.15) is 0 Å². The van der Waals surface area contributed by atoms with Gasteiger partial charge in [-0.25, -0.2) is 0 Å². The summed E-state index contributed by atoms with van der Waals surface area (Å²) in [5.41, 5.74) is 2.57. The third kappa shape index (κ3) is 2.67. The molecule has 0 atom stereocenters. The lowest BCUT2D eigenvalue weighted by molar-refractivity contribution is 0.638. The summed E-state index contributed by atoms with van der Waals surface area (Å²) in [5.74, 6) is 0.540. The third-order valence-electron chi connectivity index (χ3n) is 3.47.